The van der Waals surface area contributed by atoms with Crippen LogP contribution in [0.1, 0.15) is 57.1 Å². The van der Waals surface area contributed by atoms with E-state index in [0.717, 1.165) is 11.4 Å². The molecule has 20 heavy (non-hydrogen) atoms. The number of terminal acetylenes is 1. The molecular formula is C19H29N. The van der Waals surface area contributed by atoms with Crippen LogP contribution < -0.4 is 0 Å². The van der Waals surface area contributed by atoms with Gasteiger partial charge in [0.2, 0.25) is 0 Å². The van der Waals surface area contributed by atoms with E-state index in [1.54, 1.807) is 6.08 Å². The highest BCUT2D eigenvalue weighted by atomic mass is 15.0. The van der Waals surface area contributed by atoms with Crippen molar-refractivity contribution in [3.05, 3.63) is 41.2 Å². The quantitative estimate of drug-likeness (QED) is 0.621. The molecule has 0 atom stereocenters. The minimum Gasteiger partial charge on any atom is -0.344 e. The zero-order valence-electron chi connectivity index (χ0n) is 14.1. The SMILES string of the molecule is C#C/C=C\c1c(C)c(/C=C\C)c(C=C)n1C.CC.CC. The highest BCUT2D eigenvalue weighted by Crippen LogP contribution is 2.25. The summed E-state index contributed by atoms with van der Waals surface area (Å²) in [6, 6.07) is 0. The van der Waals surface area contributed by atoms with Crippen LogP contribution >= 0.6 is 0 Å². The molecule has 0 aromatic carbocycles. The van der Waals surface area contributed by atoms with Gasteiger partial charge in [-0.05, 0) is 37.6 Å². The first-order valence-electron chi connectivity index (χ1n) is 7.24. The molecule has 110 valence electrons. The molecule has 0 saturated heterocycles. The summed E-state index contributed by atoms with van der Waals surface area (Å²) in [5.74, 6) is 2.51. The average Bonchev–Trinajstić information content (AvgIpc) is 2.72. The smallest absolute Gasteiger partial charge is 0.0479 e. The minimum absolute atomic E-state index is 1.12. The van der Waals surface area contributed by atoms with E-state index in [1.165, 1.54) is 11.1 Å². The van der Waals surface area contributed by atoms with Gasteiger partial charge in [-0.15, -0.1) is 6.42 Å². The number of nitrogens with zero attached hydrogens (tertiary/aromatic N) is 1. The molecule has 0 unspecified atom stereocenters. The van der Waals surface area contributed by atoms with Crippen molar-refractivity contribution < 1.29 is 0 Å². The van der Waals surface area contributed by atoms with Gasteiger partial charge in [0, 0.05) is 24.0 Å². The second-order valence-electron chi connectivity index (χ2n) is 3.57. The molecule has 1 heterocycles. The van der Waals surface area contributed by atoms with Crippen LogP contribution in [0, 0.1) is 19.3 Å². The molecule has 0 fully saturated rings. The predicted octanol–water partition coefficient (Wildman–Crippen LogP) is 5.71. The number of hydrogen-bond acceptors (Lipinski definition) is 0. The van der Waals surface area contributed by atoms with Crippen LogP contribution in [0.2, 0.25) is 0 Å². The number of hydrogen-bond donors (Lipinski definition) is 0. The summed E-state index contributed by atoms with van der Waals surface area (Å²) in [5, 5.41) is 0. The molecular weight excluding hydrogens is 242 g/mol. The van der Waals surface area contributed by atoms with E-state index in [4.69, 9.17) is 6.42 Å². The topological polar surface area (TPSA) is 4.93 Å². The van der Waals surface area contributed by atoms with Crippen LogP contribution in [-0.4, -0.2) is 4.57 Å². The maximum atomic E-state index is 5.23. The Kier molecular flexibility index (Phi) is 12.3. The Bertz CT molecular complexity index is 491. The Balaban J connectivity index is 0. The van der Waals surface area contributed by atoms with Crippen LogP contribution in [-0.2, 0) is 7.05 Å². The fourth-order valence-electron chi connectivity index (χ4n) is 1.88. The van der Waals surface area contributed by atoms with Gasteiger partial charge in [-0.2, -0.15) is 0 Å². The molecule has 0 aliphatic carbocycles. The van der Waals surface area contributed by atoms with Gasteiger partial charge < -0.3 is 4.57 Å². The molecule has 1 heteroatoms. The third-order valence-electron chi connectivity index (χ3n) is 2.65. The lowest BCUT2D eigenvalue weighted by molar-refractivity contribution is 0.899. The Hall–Kier alpha value is -1.94. The molecule has 0 aliphatic heterocycles. The van der Waals surface area contributed by atoms with Gasteiger partial charge in [0.15, 0.2) is 0 Å². The molecule has 1 nitrogen and oxygen atoms in total. The van der Waals surface area contributed by atoms with Crippen molar-refractivity contribution in [2.75, 3.05) is 0 Å². The van der Waals surface area contributed by atoms with E-state index in [1.807, 2.05) is 59.9 Å². The standard InChI is InChI=1S/C15H17N.2C2H6/c1-6-9-11-15-12(4)13(10-7-2)14(8-3)16(15)5;2*1-2/h1,7-11H,3H2,2,4-5H3;2*1-2H3/b10-7-,11-9-;;. The van der Waals surface area contributed by atoms with Gasteiger partial charge in [-0.1, -0.05) is 52.3 Å². The van der Waals surface area contributed by atoms with E-state index in [9.17, 15) is 0 Å². The number of allylic oxidation sites excluding steroid dienone is 2. The lowest BCUT2D eigenvalue weighted by atomic mass is 10.1. The van der Waals surface area contributed by atoms with Gasteiger partial charge in [0.25, 0.3) is 0 Å². The Morgan fingerprint density at radius 2 is 1.65 bits per heavy atom. The Morgan fingerprint density at radius 1 is 1.10 bits per heavy atom. The van der Waals surface area contributed by atoms with Crippen LogP contribution in [0.25, 0.3) is 18.2 Å². The summed E-state index contributed by atoms with van der Waals surface area (Å²) < 4.78 is 2.10. The zero-order valence-corrected chi connectivity index (χ0v) is 14.1. The molecule has 1 aromatic rings. The van der Waals surface area contributed by atoms with E-state index < -0.39 is 0 Å². The third kappa shape index (κ3) is 4.97. The van der Waals surface area contributed by atoms with E-state index in [0.29, 0.717) is 0 Å². The van der Waals surface area contributed by atoms with Gasteiger partial charge >= 0.3 is 0 Å². The average molecular weight is 271 g/mol. The Morgan fingerprint density at radius 3 is 2.05 bits per heavy atom. The van der Waals surface area contributed by atoms with Crippen molar-refractivity contribution in [3.63, 3.8) is 0 Å². The van der Waals surface area contributed by atoms with Crippen LogP contribution in [0.4, 0.5) is 0 Å². The molecule has 0 N–H and O–H groups in total. The summed E-state index contributed by atoms with van der Waals surface area (Å²) in [6.45, 7) is 16.0. The van der Waals surface area contributed by atoms with Gasteiger partial charge in [-0.25, -0.2) is 0 Å². The second kappa shape index (κ2) is 12.1. The molecule has 0 amide bonds. The molecule has 1 rings (SSSR count). The van der Waals surface area contributed by atoms with Crippen LogP contribution in [0.3, 0.4) is 0 Å². The fourth-order valence-corrected chi connectivity index (χ4v) is 1.88. The second-order valence-corrected chi connectivity index (χ2v) is 3.57. The summed E-state index contributed by atoms with van der Waals surface area (Å²) in [5.41, 5.74) is 4.67. The van der Waals surface area contributed by atoms with Crippen molar-refractivity contribution in [1.82, 2.24) is 4.57 Å². The summed E-state index contributed by atoms with van der Waals surface area (Å²) in [6.07, 6.45) is 14.9. The maximum Gasteiger partial charge on any atom is 0.0479 e. The molecule has 0 aliphatic rings. The molecule has 0 bridgehead atoms. The summed E-state index contributed by atoms with van der Waals surface area (Å²) >= 11 is 0. The number of aromatic nitrogens is 1. The first-order chi connectivity index (χ1) is 9.67. The largest absolute Gasteiger partial charge is 0.344 e. The highest BCUT2D eigenvalue weighted by molar-refractivity contribution is 5.71. The zero-order chi connectivity index (χ0) is 16.1. The van der Waals surface area contributed by atoms with Crippen molar-refractivity contribution in [1.29, 1.82) is 0 Å². The molecule has 0 radical (unpaired) electrons. The van der Waals surface area contributed by atoms with Crippen molar-refractivity contribution >= 4 is 18.2 Å². The maximum absolute atomic E-state index is 5.23. The van der Waals surface area contributed by atoms with Crippen molar-refractivity contribution in [2.45, 2.75) is 41.5 Å². The molecule has 0 spiro atoms. The lowest BCUT2D eigenvalue weighted by Crippen LogP contribution is -1.93. The van der Waals surface area contributed by atoms with Crippen LogP contribution in [0.15, 0.2) is 18.7 Å². The van der Waals surface area contributed by atoms with Gasteiger partial charge in [0.05, 0.1) is 0 Å². The number of rotatable bonds is 3. The monoisotopic (exact) mass is 271 g/mol. The van der Waals surface area contributed by atoms with Crippen molar-refractivity contribution in [2.24, 2.45) is 7.05 Å². The fraction of sp³-hybridized carbons (Fsp3) is 0.368. The van der Waals surface area contributed by atoms with Gasteiger partial charge in [-0.3, -0.25) is 0 Å². The first kappa shape index (κ1) is 20.4. The van der Waals surface area contributed by atoms with Crippen LogP contribution in [0.5, 0.6) is 0 Å². The van der Waals surface area contributed by atoms with Crippen molar-refractivity contribution in [3.8, 4) is 12.3 Å². The van der Waals surface area contributed by atoms with E-state index >= 15 is 0 Å². The van der Waals surface area contributed by atoms with Gasteiger partial charge in [0.1, 0.15) is 0 Å². The van der Waals surface area contributed by atoms with E-state index in [-0.39, 0.29) is 0 Å². The lowest BCUT2D eigenvalue weighted by Gasteiger charge is -2.00. The molecule has 0 saturated carbocycles. The summed E-state index contributed by atoms with van der Waals surface area (Å²) in [7, 11) is 2.02. The Labute approximate surface area is 125 Å². The summed E-state index contributed by atoms with van der Waals surface area (Å²) in [4.78, 5) is 0. The highest BCUT2D eigenvalue weighted by Gasteiger charge is 2.11. The molecule has 1 aromatic heterocycles. The van der Waals surface area contributed by atoms with E-state index in [2.05, 4.69) is 30.1 Å². The predicted molar refractivity (Wildman–Crippen MR) is 95.5 cm³/mol. The third-order valence-corrected chi connectivity index (χ3v) is 2.65. The normalized spacial score (nSPS) is 9.50. The minimum atomic E-state index is 1.12. The first-order valence-corrected chi connectivity index (χ1v) is 7.24.